The molecule has 98 valence electrons. The van der Waals surface area contributed by atoms with E-state index in [-0.39, 0.29) is 18.1 Å². The first-order chi connectivity index (χ1) is 8.83. The number of hydrogen-bond acceptors (Lipinski definition) is 5. The quantitative estimate of drug-likeness (QED) is 0.702. The maximum Gasteiger partial charge on any atom is 0.323 e. The maximum atomic E-state index is 11.6. The molecule has 2 aliphatic rings. The van der Waals surface area contributed by atoms with E-state index in [2.05, 4.69) is 10.00 Å². The monoisotopic (exact) mass is 251 g/mol. The van der Waals surface area contributed by atoms with E-state index in [0.29, 0.717) is 13.2 Å². The second-order valence-electron chi connectivity index (χ2n) is 4.69. The molecule has 3 heterocycles. The highest BCUT2D eigenvalue weighted by Crippen LogP contribution is 2.18. The molecule has 0 spiro atoms. The van der Waals surface area contributed by atoms with Crippen LogP contribution in [0.3, 0.4) is 0 Å². The van der Waals surface area contributed by atoms with Gasteiger partial charge in [0.25, 0.3) is 0 Å². The molecule has 2 fully saturated rings. The lowest BCUT2D eigenvalue weighted by Crippen LogP contribution is -2.50. The molecule has 1 aromatic rings. The Labute approximate surface area is 105 Å². The van der Waals surface area contributed by atoms with Gasteiger partial charge in [-0.2, -0.15) is 5.10 Å². The Morgan fingerprint density at radius 2 is 2.39 bits per heavy atom. The smallest absolute Gasteiger partial charge is 0.323 e. The molecule has 0 aliphatic carbocycles. The van der Waals surface area contributed by atoms with E-state index in [1.54, 1.807) is 6.20 Å². The highest BCUT2D eigenvalue weighted by Gasteiger charge is 2.35. The summed E-state index contributed by atoms with van der Waals surface area (Å²) in [5.74, 6) is -0.0882. The zero-order valence-corrected chi connectivity index (χ0v) is 10.2. The molecule has 0 unspecified atom stereocenters. The summed E-state index contributed by atoms with van der Waals surface area (Å²) in [4.78, 5) is 13.7. The Morgan fingerprint density at radius 3 is 3.11 bits per heavy atom. The summed E-state index contributed by atoms with van der Waals surface area (Å²) >= 11 is 0. The molecule has 2 aliphatic heterocycles. The van der Waals surface area contributed by atoms with Crippen LogP contribution >= 0.6 is 0 Å². The molecule has 6 nitrogen and oxygen atoms in total. The Kier molecular flexibility index (Phi) is 3.29. The zero-order chi connectivity index (χ0) is 12.4. The molecular formula is C12H17N3O3. The van der Waals surface area contributed by atoms with Crippen LogP contribution in [0.4, 0.5) is 0 Å². The summed E-state index contributed by atoms with van der Waals surface area (Å²) in [6.45, 7) is 3.50. The van der Waals surface area contributed by atoms with Crippen molar-refractivity contribution >= 4 is 5.97 Å². The van der Waals surface area contributed by atoms with Crippen LogP contribution in [0.15, 0.2) is 18.5 Å². The lowest BCUT2D eigenvalue weighted by Gasteiger charge is -2.35. The second kappa shape index (κ2) is 5.07. The van der Waals surface area contributed by atoms with Crippen molar-refractivity contribution in [1.82, 2.24) is 14.7 Å². The summed E-state index contributed by atoms with van der Waals surface area (Å²) in [6.07, 6.45) is 4.57. The molecule has 0 bridgehead atoms. The average Bonchev–Trinajstić information content (AvgIpc) is 3.01. The van der Waals surface area contributed by atoms with E-state index in [1.165, 1.54) is 0 Å². The number of carbonyl (C=O) groups is 1. The molecule has 2 atom stereocenters. The summed E-state index contributed by atoms with van der Waals surface area (Å²) in [6, 6.07) is 1.82. The molecule has 3 rings (SSSR count). The Bertz CT molecular complexity index is 407. The Morgan fingerprint density at radius 1 is 1.44 bits per heavy atom. The fourth-order valence-electron chi connectivity index (χ4n) is 2.57. The number of carbonyl (C=O) groups excluding carboxylic acids is 1. The van der Waals surface area contributed by atoms with Crippen LogP contribution in [0.1, 0.15) is 6.42 Å². The van der Waals surface area contributed by atoms with Crippen LogP contribution in [-0.2, 0) is 20.8 Å². The molecule has 0 radical (unpaired) electrons. The number of ether oxygens (including phenoxy) is 2. The van der Waals surface area contributed by atoms with Crippen LogP contribution in [-0.4, -0.2) is 59.1 Å². The van der Waals surface area contributed by atoms with Crippen LogP contribution < -0.4 is 0 Å². The molecule has 0 aromatic carbocycles. The molecule has 0 saturated carbocycles. The minimum atomic E-state index is -0.0882. The van der Waals surface area contributed by atoms with Crippen LogP contribution in [0.5, 0.6) is 0 Å². The van der Waals surface area contributed by atoms with Gasteiger partial charge < -0.3 is 9.47 Å². The van der Waals surface area contributed by atoms with E-state index in [4.69, 9.17) is 9.47 Å². The van der Waals surface area contributed by atoms with Crippen LogP contribution in [0.25, 0.3) is 0 Å². The molecule has 0 N–H and O–H groups in total. The van der Waals surface area contributed by atoms with E-state index in [9.17, 15) is 4.79 Å². The first kappa shape index (κ1) is 11.7. The van der Waals surface area contributed by atoms with E-state index in [0.717, 1.165) is 26.1 Å². The molecule has 2 saturated heterocycles. The predicted octanol–water partition coefficient (Wildman–Crippen LogP) is -0.101. The number of aromatic nitrogens is 2. The molecule has 18 heavy (non-hydrogen) atoms. The zero-order valence-electron chi connectivity index (χ0n) is 10.2. The van der Waals surface area contributed by atoms with Crippen molar-refractivity contribution in [1.29, 1.82) is 0 Å². The van der Waals surface area contributed by atoms with Crippen molar-refractivity contribution in [3.8, 4) is 0 Å². The first-order valence-electron chi connectivity index (χ1n) is 6.32. The third kappa shape index (κ3) is 2.39. The maximum absolute atomic E-state index is 11.6. The first-order valence-corrected chi connectivity index (χ1v) is 6.32. The Balaban J connectivity index is 1.59. The van der Waals surface area contributed by atoms with Crippen molar-refractivity contribution in [2.24, 2.45) is 0 Å². The SMILES string of the molecule is O=C1OCC[C@@H]1N1CCO[C@H](Cn2cccn2)C1. The highest BCUT2D eigenvalue weighted by molar-refractivity contribution is 5.77. The number of hydrogen-bond donors (Lipinski definition) is 0. The van der Waals surface area contributed by atoms with Gasteiger partial charge in [-0.05, 0) is 6.07 Å². The van der Waals surface area contributed by atoms with Crippen molar-refractivity contribution in [2.45, 2.75) is 25.1 Å². The van der Waals surface area contributed by atoms with Crippen molar-refractivity contribution in [3.05, 3.63) is 18.5 Å². The highest BCUT2D eigenvalue weighted by atomic mass is 16.5. The van der Waals surface area contributed by atoms with Gasteiger partial charge >= 0.3 is 5.97 Å². The molecular weight excluding hydrogens is 234 g/mol. The standard InChI is InChI=1S/C12H17N3O3/c16-12-11(2-6-18-12)14-5-7-17-10(8-14)9-15-4-1-3-13-15/h1,3-4,10-11H,2,5-9H2/t10-,11-/m0/s1. The van der Waals surface area contributed by atoms with Gasteiger partial charge in [0.2, 0.25) is 0 Å². The predicted molar refractivity (Wildman–Crippen MR) is 62.9 cm³/mol. The largest absolute Gasteiger partial charge is 0.464 e. The lowest BCUT2D eigenvalue weighted by molar-refractivity contribution is -0.144. The summed E-state index contributed by atoms with van der Waals surface area (Å²) < 4.78 is 12.6. The van der Waals surface area contributed by atoms with Gasteiger partial charge in [0.1, 0.15) is 6.04 Å². The average molecular weight is 251 g/mol. The van der Waals surface area contributed by atoms with E-state index >= 15 is 0 Å². The van der Waals surface area contributed by atoms with Gasteiger partial charge in [0.15, 0.2) is 0 Å². The minimum Gasteiger partial charge on any atom is -0.464 e. The van der Waals surface area contributed by atoms with E-state index in [1.807, 2.05) is 16.9 Å². The summed E-state index contributed by atoms with van der Waals surface area (Å²) in [5, 5.41) is 4.17. The normalized spacial score (nSPS) is 29.4. The minimum absolute atomic E-state index is 0.0750. The van der Waals surface area contributed by atoms with Gasteiger partial charge in [0.05, 0.1) is 25.9 Å². The number of nitrogens with zero attached hydrogens (tertiary/aromatic N) is 3. The number of esters is 1. The van der Waals surface area contributed by atoms with Crippen LogP contribution in [0.2, 0.25) is 0 Å². The second-order valence-corrected chi connectivity index (χ2v) is 4.69. The van der Waals surface area contributed by atoms with Gasteiger partial charge in [0, 0.05) is 31.9 Å². The fourth-order valence-corrected chi connectivity index (χ4v) is 2.57. The van der Waals surface area contributed by atoms with Crippen LogP contribution in [0, 0.1) is 0 Å². The van der Waals surface area contributed by atoms with Gasteiger partial charge in [-0.25, -0.2) is 0 Å². The third-order valence-electron chi connectivity index (χ3n) is 3.47. The van der Waals surface area contributed by atoms with Crippen molar-refractivity contribution < 1.29 is 14.3 Å². The van der Waals surface area contributed by atoms with Gasteiger partial charge in [-0.15, -0.1) is 0 Å². The molecule has 0 amide bonds. The van der Waals surface area contributed by atoms with Crippen molar-refractivity contribution in [3.63, 3.8) is 0 Å². The van der Waals surface area contributed by atoms with Gasteiger partial charge in [-0.1, -0.05) is 0 Å². The Hall–Kier alpha value is -1.40. The number of rotatable bonds is 3. The number of morpholine rings is 1. The van der Waals surface area contributed by atoms with Crippen molar-refractivity contribution in [2.75, 3.05) is 26.3 Å². The van der Waals surface area contributed by atoms with Gasteiger partial charge in [-0.3, -0.25) is 14.4 Å². The fraction of sp³-hybridized carbons (Fsp3) is 0.667. The number of cyclic esters (lactones) is 1. The molecule has 6 heteroatoms. The summed E-state index contributed by atoms with van der Waals surface area (Å²) in [7, 11) is 0. The topological polar surface area (TPSA) is 56.6 Å². The van der Waals surface area contributed by atoms with E-state index < -0.39 is 0 Å². The molecule has 1 aromatic heterocycles. The summed E-state index contributed by atoms with van der Waals surface area (Å²) in [5.41, 5.74) is 0. The lowest BCUT2D eigenvalue weighted by atomic mass is 10.1. The third-order valence-corrected chi connectivity index (χ3v) is 3.47.